The van der Waals surface area contributed by atoms with Crippen LogP contribution < -0.4 is 21.7 Å². The van der Waals surface area contributed by atoms with Gasteiger partial charge in [0.2, 0.25) is 17.7 Å². The Morgan fingerprint density at radius 2 is 1.58 bits per heavy atom. The number of amides is 3. The van der Waals surface area contributed by atoms with Gasteiger partial charge in [-0.2, -0.15) is 0 Å². The van der Waals surface area contributed by atoms with Crippen LogP contribution in [0.2, 0.25) is 0 Å². The Bertz CT molecular complexity index is 465. The first-order valence-corrected chi connectivity index (χ1v) is 7.87. The second-order valence-corrected chi connectivity index (χ2v) is 6.30. The minimum Gasteiger partial charge on any atom is -0.480 e. The van der Waals surface area contributed by atoms with Gasteiger partial charge in [-0.15, -0.1) is 0 Å². The topological polar surface area (TPSA) is 151 Å². The van der Waals surface area contributed by atoms with Crippen LogP contribution in [0.5, 0.6) is 0 Å². The number of carbonyl (C=O) groups excluding carboxylic acids is 3. The lowest BCUT2D eigenvalue weighted by Gasteiger charge is -2.22. The highest BCUT2D eigenvalue weighted by Crippen LogP contribution is 2.05. The highest BCUT2D eigenvalue weighted by Gasteiger charge is 2.25. The van der Waals surface area contributed by atoms with Gasteiger partial charge in [-0.3, -0.25) is 14.4 Å². The number of aliphatic carboxylic acids is 1. The molecule has 0 rings (SSSR count). The first-order chi connectivity index (χ1) is 11.1. The summed E-state index contributed by atoms with van der Waals surface area (Å²) in [6.45, 7) is 6.55. The van der Waals surface area contributed by atoms with E-state index in [4.69, 9.17) is 10.8 Å². The van der Waals surface area contributed by atoms with E-state index >= 15 is 0 Å². The molecule has 2 unspecified atom stereocenters. The standard InChI is InChI=1S/C15H28N4O5/c1-8(2)5-10(15(23)24)18-12(21)7-17-14(22)13(9(3)4)19-11(20)6-16/h8-10,13H,5-7,16H2,1-4H3,(H,17,22)(H,18,21)(H,19,20)(H,23,24). The van der Waals surface area contributed by atoms with Crippen molar-refractivity contribution in [3.8, 4) is 0 Å². The van der Waals surface area contributed by atoms with Gasteiger partial charge in [-0.25, -0.2) is 4.79 Å². The van der Waals surface area contributed by atoms with Crippen LogP contribution in [0.1, 0.15) is 34.1 Å². The van der Waals surface area contributed by atoms with Crippen LogP contribution in [-0.2, 0) is 19.2 Å². The van der Waals surface area contributed by atoms with Crippen molar-refractivity contribution >= 4 is 23.7 Å². The van der Waals surface area contributed by atoms with Gasteiger partial charge in [0.15, 0.2) is 0 Å². The lowest BCUT2D eigenvalue weighted by atomic mass is 10.0. The molecular weight excluding hydrogens is 316 g/mol. The first-order valence-electron chi connectivity index (χ1n) is 7.87. The molecule has 0 aromatic rings. The SMILES string of the molecule is CC(C)CC(NC(=O)CNC(=O)C(NC(=O)CN)C(C)C)C(=O)O. The normalized spacial score (nSPS) is 13.3. The molecule has 9 heteroatoms. The third-order valence-corrected chi connectivity index (χ3v) is 3.21. The maximum atomic E-state index is 12.1. The number of carboxylic acids is 1. The predicted molar refractivity (Wildman–Crippen MR) is 87.9 cm³/mol. The van der Waals surface area contributed by atoms with Crippen LogP contribution in [0.25, 0.3) is 0 Å². The Labute approximate surface area is 141 Å². The van der Waals surface area contributed by atoms with Crippen LogP contribution in [0.4, 0.5) is 0 Å². The van der Waals surface area contributed by atoms with Crippen LogP contribution >= 0.6 is 0 Å². The Kier molecular flexibility index (Phi) is 9.63. The van der Waals surface area contributed by atoms with Crippen molar-refractivity contribution in [2.24, 2.45) is 17.6 Å². The molecule has 0 aliphatic heterocycles. The largest absolute Gasteiger partial charge is 0.480 e. The van der Waals surface area contributed by atoms with Crippen molar-refractivity contribution < 1.29 is 24.3 Å². The fourth-order valence-electron chi connectivity index (χ4n) is 1.98. The zero-order valence-corrected chi connectivity index (χ0v) is 14.6. The van der Waals surface area contributed by atoms with Crippen molar-refractivity contribution in [3.63, 3.8) is 0 Å². The molecule has 0 radical (unpaired) electrons. The molecule has 0 bridgehead atoms. The van der Waals surface area contributed by atoms with Crippen LogP contribution in [0, 0.1) is 11.8 Å². The molecule has 6 N–H and O–H groups in total. The number of rotatable bonds is 10. The molecule has 3 amide bonds. The predicted octanol–water partition coefficient (Wildman–Crippen LogP) is -1.18. The summed E-state index contributed by atoms with van der Waals surface area (Å²) in [5.41, 5.74) is 5.20. The summed E-state index contributed by atoms with van der Waals surface area (Å²) in [5.74, 6) is -2.84. The molecule has 0 spiro atoms. The van der Waals surface area contributed by atoms with E-state index in [9.17, 15) is 19.2 Å². The van der Waals surface area contributed by atoms with Crippen molar-refractivity contribution in [1.82, 2.24) is 16.0 Å². The number of carbonyl (C=O) groups is 4. The quantitative estimate of drug-likeness (QED) is 0.336. The highest BCUT2D eigenvalue weighted by atomic mass is 16.4. The van der Waals surface area contributed by atoms with Gasteiger partial charge >= 0.3 is 5.97 Å². The zero-order valence-electron chi connectivity index (χ0n) is 14.6. The van der Waals surface area contributed by atoms with Gasteiger partial charge in [0.05, 0.1) is 13.1 Å². The molecule has 0 aliphatic carbocycles. The molecule has 0 heterocycles. The summed E-state index contributed by atoms with van der Waals surface area (Å²) in [6, 6.07) is -1.83. The van der Waals surface area contributed by atoms with Crippen molar-refractivity contribution in [3.05, 3.63) is 0 Å². The summed E-state index contributed by atoms with van der Waals surface area (Å²) in [5, 5.41) is 16.3. The van der Waals surface area contributed by atoms with Crippen LogP contribution in [0.15, 0.2) is 0 Å². The highest BCUT2D eigenvalue weighted by molar-refractivity contribution is 5.92. The lowest BCUT2D eigenvalue weighted by Crippen LogP contribution is -2.53. The fraction of sp³-hybridized carbons (Fsp3) is 0.733. The summed E-state index contributed by atoms with van der Waals surface area (Å²) in [6.07, 6.45) is 0.288. The third kappa shape index (κ3) is 8.47. The van der Waals surface area contributed by atoms with Crippen LogP contribution in [-0.4, -0.2) is 54.0 Å². The average molecular weight is 344 g/mol. The smallest absolute Gasteiger partial charge is 0.326 e. The molecule has 0 aromatic heterocycles. The van der Waals surface area contributed by atoms with Crippen LogP contribution in [0.3, 0.4) is 0 Å². The molecule has 0 aromatic carbocycles. The average Bonchev–Trinajstić information content (AvgIpc) is 2.48. The minimum atomic E-state index is -1.13. The van der Waals surface area contributed by atoms with Gasteiger partial charge in [0.25, 0.3) is 0 Å². The Morgan fingerprint density at radius 1 is 1.00 bits per heavy atom. The molecule has 0 saturated heterocycles. The molecule has 2 atom stereocenters. The van der Waals surface area contributed by atoms with E-state index in [0.29, 0.717) is 0 Å². The fourth-order valence-corrected chi connectivity index (χ4v) is 1.98. The van der Waals surface area contributed by atoms with E-state index in [2.05, 4.69) is 16.0 Å². The number of nitrogens with one attached hydrogen (secondary N) is 3. The van der Waals surface area contributed by atoms with E-state index in [0.717, 1.165) is 0 Å². The lowest BCUT2D eigenvalue weighted by molar-refractivity contribution is -0.142. The third-order valence-electron chi connectivity index (χ3n) is 3.21. The molecule has 9 nitrogen and oxygen atoms in total. The zero-order chi connectivity index (χ0) is 18.9. The van der Waals surface area contributed by atoms with Gasteiger partial charge in [-0.05, 0) is 18.3 Å². The van der Waals surface area contributed by atoms with E-state index in [-0.39, 0.29) is 31.3 Å². The first kappa shape index (κ1) is 21.8. The second-order valence-electron chi connectivity index (χ2n) is 6.30. The Morgan fingerprint density at radius 3 is 2.00 bits per heavy atom. The minimum absolute atomic E-state index is 0.0952. The monoisotopic (exact) mass is 344 g/mol. The molecule has 0 aliphatic rings. The summed E-state index contributed by atoms with van der Waals surface area (Å²) >= 11 is 0. The number of carboxylic acid groups (broad SMARTS) is 1. The maximum Gasteiger partial charge on any atom is 0.326 e. The van der Waals surface area contributed by atoms with Gasteiger partial charge in [0.1, 0.15) is 12.1 Å². The molecule has 24 heavy (non-hydrogen) atoms. The summed E-state index contributed by atoms with van der Waals surface area (Å²) in [7, 11) is 0. The number of hydrogen-bond acceptors (Lipinski definition) is 5. The van der Waals surface area contributed by atoms with E-state index < -0.39 is 35.8 Å². The van der Waals surface area contributed by atoms with Crippen molar-refractivity contribution in [2.45, 2.75) is 46.2 Å². The molecule has 0 saturated carbocycles. The van der Waals surface area contributed by atoms with Crippen molar-refractivity contribution in [2.75, 3.05) is 13.1 Å². The van der Waals surface area contributed by atoms with E-state index in [1.807, 2.05) is 13.8 Å². The summed E-state index contributed by atoms with van der Waals surface area (Å²) < 4.78 is 0. The molecular formula is C15H28N4O5. The Hall–Kier alpha value is -2.16. The van der Waals surface area contributed by atoms with Gasteiger partial charge in [-0.1, -0.05) is 27.7 Å². The number of hydrogen-bond donors (Lipinski definition) is 5. The summed E-state index contributed by atoms with van der Waals surface area (Å²) in [4.78, 5) is 46.3. The molecule has 0 fully saturated rings. The second kappa shape index (κ2) is 10.6. The Balaban J connectivity index is 4.57. The van der Waals surface area contributed by atoms with E-state index in [1.165, 1.54) is 0 Å². The molecule has 138 valence electrons. The van der Waals surface area contributed by atoms with E-state index in [1.54, 1.807) is 13.8 Å². The van der Waals surface area contributed by atoms with Gasteiger partial charge < -0.3 is 26.8 Å². The van der Waals surface area contributed by atoms with Crippen molar-refractivity contribution in [1.29, 1.82) is 0 Å². The number of nitrogens with two attached hydrogens (primary N) is 1. The maximum absolute atomic E-state index is 12.1. The van der Waals surface area contributed by atoms with Gasteiger partial charge in [0, 0.05) is 0 Å².